The average Bonchev–Trinajstić information content (AvgIpc) is 2.59. The van der Waals surface area contributed by atoms with E-state index in [-0.39, 0.29) is 23.8 Å². The van der Waals surface area contributed by atoms with Crippen molar-refractivity contribution < 1.29 is 19.4 Å². The van der Waals surface area contributed by atoms with Crippen LogP contribution < -0.4 is 0 Å². The molecule has 124 valence electrons. The van der Waals surface area contributed by atoms with Gasteiger partial charge in [-0.3, -0.25) is 4.79 Å². The number of para-hydroxylation sites is 1. The average molecular weight is 317 g/mol. The lowest BCUT2D eigenvalue weighted by molar-refractivity contribution is -0.140. The molecule has 1 aliphatic heterocycles. The predicted octanol–water partition coefficient (Wildman–Crippen LogP) is 2.73. The number of nitrogens with zero attached hydrogens (tertiary/aromatic N) is 1. The number of esters is 1. The number of hydrogen-bond donors (Lipinski definition) is 1. The van der Waals surface area contributed by atoms with Crippen LogP contribution in [-0.2, 0) is 9.53 Å². The van der Waals surface area contributed by atoms with Crippen molar-refractivity contribution in [3.63, 3.8) is 0 Å². The Morgan fingerprint density at radius 2 is 1.87 bits per heavy atom. The van der Waals surface area contributed by atoms with Crippen molar-refractivity contribution in [3.05, 3.63) is 29.8 Å². The molecular formula is C18H23NO4. The Morgan fingerprint density at radius 3 is 2.70 bits per heavy atom. The van der Waals surface area contributed by atoms with E-state index in [4.69, 9.17) is 4.74 Å². The molecule has 23 heavy (non-hydrogen) atoms. The van der Waals surface area contributed by atoms with Crippen molar-refractivity contribution in [2.24, 2.45) is 5.92 Å². The zero-order valence-corrected chi connectivity index (χ0v) is 13.2. The third-order valence-electron chi connectivity index (χ3n) is 5.01. The van der Waals surface area contributed by atoms with Gasteiger partial charge in [0.1, 0.15) is 11.3 Å². The number of benzene rings is 1. The summed E-state index contributed by atoms with van der Waals surface area (Å²) in [5.74, 6) is -0.301. The largest absolute Gasteiger partial charge is 0.507 e. The first-order valence-electron chi connectivity index (χ1n) is 8.41. The highest BCUT2D eigenvalue weighted by Crippen LogP contribution is 2.35. The van der Waals surface area contributed by atoms with E-state index >= 15 is 0 Å². The van der Waals surface area contributed by atoms with E-state index in [0.29, 0.717) is 12.0 Å². The maximum atomic E-state index is 12.5. The number of carbonyl (C=O) groups is 2. The summed E-state index contributed by atoms with van der Waals surface area (Å²) in [6.07, 6.45) is 6.91. The minimum atomic E-state index is -0.659. The molecule has 2 aliphatic rings. The van der Waals surface area contributed by atoms with Crippen LogP contribution in [0.25, 0.3) is 0 Å². The summed E-state index contributed by atoms with van der Waals surface area (Å²) < 4.78 is 5.11. The lowest BCUT2D eigenvalue weighted by Gasteiger charge is -2.44. The first kappa shape index (κ1) is 15.8. The summed E-state index contributed by atoms with van der Waals surface area (Å²) >= 11 is 0. The van der Waals surface area contributed by atoms with Gasteiger partial charge in [-0.15, -0.1) is 0 Å². The fraction of sp³-hybridized carbons (Fsp3) is 0.556. The molecule has 1 saturated carbocycles. The summed E-state index contributed by atoms with van der Waals surface area (Å²) in [6, 6.07) is 6.51. The number of hydrogen-bond acceptors (Lipinski definition) is 4. The van der Waals surface area contributed by atoms with Gasteiger partial charge in [0.15, 0.2) is 6.61 Å². The molecule has 5 nitrogen and oxygen atoms in total. The van der Waals surface area contributed by atoms with Crippen LogP contribution in [0.1, 0.15) is 48.9 Å². The van der Waals surface area contributed by atoms with E-state index in [2.05, 4.69) is 0 Å². The second-order valence-corrected chi connectivity index (χ2v) is 6.43. The van der Waals surface area contributed by atoms with Gasteiger partial charge in [0.05, 0.1) is 0 Å². The molecule has 1 saturated heterocycles. The van der Waals surface area contributed by atoms with Crippen molar-refractivity contribution in [1.29, 1.82) is 0 Å². The van der Waals surface area contributed by atoms with Crippen molar-refractivity contribution in [2.45, 2.75) is 44.6 Å². The Labute approximate surface area is 136 Å². The normalized spacial score (nSPS) is 23.9. The number of fused-ring (bicyclic) bond motifs is 1. The summed E-state index contributed by atoms with van der Waals surface area (Å²) in [4.78, 5) is 26.4. The first-order valence-corrected chi connectivity index (χ1v) is 8.41. The summed E-state index contributed by atoms with van der Waals surface area (Å²) in [7, 11) is 0. The number of likely N-dealkylation sites (tertiary alicyclic amines) is 1. The van der Waals surface area contributed by atoms with Crippen LogP contribution in [0.15, 0.2) is 24.3 Å². The standard InChI is InChI=1S/C18H23NO4/c20-16-10-4-2-8-14(16)18(22)23-12-17(21)19-11-5-7-13-6-1-3-9-15(13)19/h2,4,8,10,13,15,20H,1,3,5-7,9,11-12H2/t13-,15-/m1/s1. The molecule has 2 atom stereocenters. The van der Waals surface area contributed by atoms with Gasteiger partial charge < -0.3 is 14.7 Å². The molecule has 0 aromatic heterocycles. The van der Waals surface area contributed by atoms with Gasteiger partial charge in [-0.2, -0.15) is 0 Å². The van der Waals surface area contributed by atoms with E-state index in [9.17, 15) is 14.7 Å². The Morgan fingerprint density at radius 1 is 1.13 bits per heavy atom. The Bertz CT molecular complexity index is 584. The number of amides is 1. The van der Waals surface area contributed by atoms with Crippen molar-refractivity contribution in [2.75, 3.05) is 13.2 Å². The molecule has 0 radical (unpaired) electrons. The Kier molecular flexibility index (Phi) is 4.84. The number of piperidine rings is 1. The fourth-order valence-electron chi connectivity index (χ4n) is 3.87. The molecule has 1 aromatic rings. The number of aromatic hydroxyl groups is 1. The van der Waals surface area contributed by atoms with Gasteiger partial charge in [-0.05, 0) is 43.7 Å². The molecule has 0 bridgehead atoms. The van der Waals surface area contributed by atoms with Crippen LogP contribution in [0.4, 0.5) is 0 Å². The molecule has 1 aromatic carbocycles. The molecule has 2 fully saturated rings. The molecule has 1 aliphatic carbocycles. The molecule has 0 spiro atoms. The van der Waals surface area contributed by atoms with Crippen molar-refractivity contribution in [3.8, 4) is 5.75 Å². The molecule has 3 rings (SSSR count). The van der Waals surface area contributed by atoms with Gasteiger partial charge in [-0.1, -0.05) is 25.0 Å². The highest BCUT2D eigenvalue weighted by atomic mass is 16.5. The monoisotopic (exact) mass is 317 g/mol. The smallest absolute Gasteiger partial charge is 0.342 e. The fourth-order valence-corrected chi connectivity index (χ4v) is 3.87. The third-order valence-corrected chi connectivity index (χ3v) is 5.01. The third kappa shape index (κ3) is 3.49. The quantitative estimate of drug-likeness (QED) is 0.871. The number of carbonyl (C=O) groups excluding carboxylic acids is 2. The minimum absolute atomic E-state index is 0.0921. The van der Waals surface area contributed by atoms with Crippen LogP contribution in [-0.4, -0.2) is 41.1 Å². The number of phenols is 1. The van der Waals surface area contributed by atoms with Crippen molar-refractivity contribution >= 4 is 11.9 Å². The first-order chi connectivity index (χ1) is 11.2. The summed E-state index contributed by atoms with van der Waals surface area (Å²) in [5, 5.41) is 9.65. The molecular weight excluding hydrogens is 294 g/mol. The predicted molar refractivity (Wildman–Crippen MR) is 85.1 cm³/mol. The Hall–Kier alpha value is -2.04. The van der Waals surface area contributed by atoms with Crippen LogP contribution in [0.2, 0.25) is 0 Å². The Balaban J connectivity index is 1.58. The van der Waals surface area contributed by atoms with Gasteiger partial charge >= 0.3 is 5.97 Å². The van der Waals surface area contributed by atoms with Gasteiger partial charge in [0, 0.05) is 12.6 Å². The van der Waals surface area contributed by atoms with E-state index < -0.39 is 5.97 Å². The zero-order chi connectivity index (χ0) is 16.2. The number of phenolic OH excluding ortho intramolecular Hbond substituents is 1. The maximum Gasteiger partial charge on any atom is 0.342 e. The number of rotatable bonds is 3. The van der Waals surface area contributed by atoms with Crippen LogP contribution >= 0.6 is 0 Å². The van der Waals surface area contributed by atoms with E-state index in [1.807, 2.05) is 4.90 Å². The maximum absolute atomic E-state index is 12.5. The lowest BCUT2D eigenvalue weighted by Crippen LogP contribution is -2.50. The SMILES string of the molecule is O=C(OCC(=O)N1CCC[C@H]2CCCC[C@H]21)c1ccccc1O. The lowest BCUT2D eigenvalue weighted by atomic mass is 9.78. The number of ether oxygens (including phenoxy) is 1. The molecule has 0 unspecified atom stereocenters. The topological polar surface area (TPSA) is 66.8 Å². The van der Waals surface area contributed by atoms with E-state index in [1.165, 1.54) is 37.8 Å². The van der Waals surface area contributed by atoms with Gasteiger partial charge in [-0.25, -0.2) is 4.79 Å². The second kappa shape index (κ2) is 7.02. The molecule has 1 N–H and O–H groups in total. The highest BCUT2D eigenvalue weighted by Gasteiger charge is 2.35. The van der Waals surface area contributed by atoms with Gasteiger partial charge in [0.25, 0.3) is 5.91 Å². The summed E-state index contributed by atoms with van der Waals surface area (Å²) in [5.41, 5.74) is 0.0921. The second-order valence-electron chi connectivity index (χ2n) is 6.43. The van der Waals surface area contributed by atoms with Crippen molar-refractivity contribution in [1.82, 2.24) is 4.90 Å². The van der Waals surface area contributed by atoms with Crippen LogP contribution in [0.3, 0.4) is 0 Å². The zero-order valence-electron chi connectivity index (χ0n) is 13.2. The van der Waals surface area contributed by atoms with Gasteiger partial charge in [0.2, 0.25) is 0 Å². The van der Waals surface area contributed by atoms with Crippen LogP contribution in [0, 0.1) is 5.92 Å². The molecule has 5 heteroatoms. The molecule has 1 heterocycles. The minimum Gasteiger partial charge on any atom is -0.507 e. The summed E-state index contributed by atoms with van der Waals surface area (Å²) in [6.45, 7) is 0.504. The highest BCUT2D eigenvalue weighted by molar-refractivity contribution is 5.93. The van der Waals surface area contributed by atoms with Crippen LogP contribution in [0.5, 0.6) is 5.75 Å². The molecule has 1 amide bonds. The van der Waals surface area contributed by atoms with E-state index in [0.717, 1.165) is 19.4 Å². The van der Waals surface area contributed by atoms with E-state index in [1.54, 1.807) is 12.1 Å².